The number of hydrogen-bond donors (Lipinski definition) is 1. The fourth-order valence-corrected chi connectivity index (χ4v) is 1.05. The molecular weight excluding hydrogens is 256 g/mol. The lowest BCUT2D eigenvalue weighted by molar-refractivity contribution is -0.113. The summed E-state index contributed by atoms with van der Waals surface area (Å²) < 4.78 is 24.3. The number of amides is 1. The highest BCUT2D eigenvalue weighted by Crippen LogP contribution is 2.20. The number of anilines is 1. The van der Waals surface area contributed by atoms with Gasteiger partial charge in [0.25, 0.3) is 6.43 Å². The quantitative estimate of drug-likeness (QED) is 0.835. The van der Waals surface area contributed by atoms with Gasteiger partial charge in [0.15, 0.2) is 0 Å². The molecule has 0 bridgehead atoms. The van der Waals surface area contributed by atoms with E-state index in [0.717, 1.165) is 0 Å². The molecule has 2 nitrogen and oxygen atoms in total. The lowest BCUT2D eigenvalue weighted by Crippen LogP contribution is -2.12. The Labute approximate surface area is 88.4 Å². The van der Waals surface area contributed by atoms with Gasteiger partial charge < -0.3 is 5.32 Å². The minimum absolute atomic E-state index is 0.0539. The van der Waals surface area contributed by atoms with Crippen LogP contribution in [0.25, 0.3) is 0 Å². The van der Waals surface area contributed by atoms with Gasteiger partial charge in [-0.1, -0.05) is 28.1 Å². The molecule has 0 aromatic heterocycles. The summed E-state index contributed by atoms with van der Waals surface area (Å²) in [6, 6.07) is 5.47. The normalized spacial score (nSPS) is 10.3. The molecule has 5 heteroatoms. The zero-order chi connectivity index (χ0) is 10.6. The Morgan fingerprint density at radius 3 is 2.36 bits per heavy atom. The Balaban J connectivity index is 2.69. The molecular formula is C9H8BrF2NO. The molecule has 0 radical (unpaired) electrons. The smallest absolute Gasteiger partial charge is 0.263 e. The lowest BCUT2D eigenvalue weighted by Gasteiger charge is -2.04. The summed E-state index contributed by atoms with van der Waals surface area (Å²) in [5.41, 5.74) is 0.459. The Hall–Kier alpha value is -0.970. The largest absolute Gasteiger partial charge is 0.325 e. The third-order valence-corrected chi connectivity index (χ3v) is 2.08. The molecule has 76 valence electrons. The maximum Gasteiger partial charge on any atom is 0.263 e. The molecule has 1 amide bonds. The Morgan fingerprint density at radius 2 is 1.93 bits per heavy atom. The average molecular weight is 264 g/mol. The van der Waals surface area contributed by atoms with E-state index >= 15 is 0 Å². The van der Waals surface area contributed by atoms with E-state index in [1.165, 1.54) is 24.3 Å². The van der Waals surface area contributed by atoms with Crippen molar-refractivity contribution in [1.29, 1.82) is 0 Å². The Bertz CT molecular complexity index is 313. The topological polar surface area (TPSA) is 29.1 Å². The number of nitrogens with one attached hydrogen (secondary N) is 1. The standard InChI is InChI=1S/C9H8BrF2NO/c10-5-8(14)13-7-3-1-6(2-4-7)9(11)12/h1-4,9H,5H2,(H,13,14). The molecule has 0 spiro atoms. The van der Waals surface area contributed by atoms with Crippen LogP contribution in [-0.2, 0) is 4.79 Å². The van der Waals surface area contributed by atoms with Crippen molar-refractivity contribution < 1.29 is 13.6 Å². The van der Waals surface area contributed by atoms with Gasteiger partial charge in [0, 0.05) is 11.3 Å². The van der Waals surface area contributed by atoms with E-state index in [1.54, 1.807) is 0 Å². The van der Waals surface area contributed by atoms with Gasteiger partial charge in [0.1, 0.15) is 0 Å². The van der Waals surface area contributed by atoms with Crippen molar-refractivity contribution in [3.8, 4) is 0 Å². The summed E-state index contributed by atoms with van der Waals surface area (Å²) in [6.07, 6.45) is -2.48. The van der Waals surface area contributed by atoms with Gasteiger partial charge in [-0.15, -0.1) is 0 Å². The molecule has 1 aromatic carbocycles. The van der Waals surface area contributed by atoms with Crippen molar-refractivity contribution >= 4 is 27.5 Å². The van der Waals surface area contributed by atoms with E-state index < -0.39 is 6.43 Å². The fourth-order valence-electron chi connectivity index (χ4n) is 0.906. The second kappa shape index (κ2) is 5.05. The fraction of sp³-hybridized carbons (Fsp3) is 0.222. The predicted octanol–water partition coefficient (Wildman–Crippen LogP) is 2.96. The van der Waals surface area contributed by atoms with E-state index in [2.05, 4.69) is 21.2 Å². The highest BCUT2D eigenvalue weighted by Gasteiger charge is 2.06. The SMILES string of the molecule is O=C(CBr)Nc1ccc(C(F)F)cc1. The van der Waals surface area contributed by atoms with Crippen molar-refractivity contribution in [2.24, 2.45) is 0 Å². The molecule has 0 unspecified atom stereocenters. The van der Waals surface area contributed by atoms with Crippen LogP contribution in [0.5, 0.6) is 0 Å². The van der Waals surface area contributed by atoms with Crippen LogP contribution in [0.4, 0.5) is 14.5 Å². The van der Waals surface area contributed by atoms with Gasteiger partial charge in [0.2, 0.25) is 5.91 Å². The first-order valence-corrected chi connectivity index (χ1v) is 4.99. The molecule has 0 heterocycles. The first-order chi connectivity index (χ1) is 6.63. The van der Waals surface area contributed by atoms with Gasteiger partial charge in [-0.2, -0.15) is 0 Å². The summed E-state index contributed by atoms with van der Waals surface area (Å²) >= 11 is 2.98. The van der Waals surface area contributed by atoms with Crippen LogP contribution in [0.1, 0.15) is 12.0 Å². The number of alkyl halides is 3. The predicted molar refractivity (Wildman–Crippen MR) is 53.8 cm³/mol. The first kappa shape index (κ1) is 11.1. The first-order valence-electron chi connectivity index (χ1n) is 3.87. The zero-order valence-corrected chi connectivity index (χ0v) is 8.72. The number of rotatable bonds is 3. The molecule has 0 aliphatic rings. The molecule has 0 saturated heterocycles. The van der Waals surface area contributed by atoms with Crippen molar-refractivity contribution in [1.82, 2.24) is 0 Å². The molecule has 0 aliphatic heterocycles. The van der Waals surface area contributed by atoms with Crippen LogP contribution < -0.4 is 5.32 Å². The van der Waals surface area contributed by atoms with Crippen LogP contribution in [0.15, 0.2) is 24.3 Å². The number of benzene rings is 1. The second-order valence-electron chi connectivity index (χ2n) is 2.60. The number of carbonyl (C=O) groups is 1. The highest BCUT2D eigenvalue weighted by atomic mass is 79.9. The van der Waals surface area contributed by atoms with Crippen LogP contribution >= 0.6 is 15.9 Å². The van der Waals surface area contributed by atoms with Crippen LogP contribution in [0, 0.1) is 0 Å². The van der Waals surface area contributed by atoms with Crippen molar-refractivity contribution in [3.05, 3.63) is 29.8 Å². The van der Waals surface area contributed by atoms with E-state index in [4.69, 9.17) is 0 Å². The number of hydrogen-bond acceptors (Lipinski definition) is 1. The van der Waals surface area contributed by atoms with Crippen LogP contribution in [-0.4, -0.2) is 11.2 Å². The molecule has 0 saturated carbocycles. The third kappa shape index (κ3) is 3.06. The second-order valence-corrected chi connectivity index (χ2v) is 3.17. The lowest BCUT2D eigenvalue weighted by atomic mass is 10.2. The van der Waals surface area contributed by atoms with E-state index in [0.29, 0.717) is 5.69 Å². The van der Waals surface area contributed by atoms with Gasteiger partial charge in [0.05, 0.1) is 5.33 Å². The minimum atomic E-state index is -2.48. The molecule has 0 aliphatic carbocycles. The monoisotopic (exact) mass is 263 g/mol. The Morgan fingerprint density at radius 1 is 1.36 bits per heavy atom. The third-order valence-electron chi connectivity index (χ3n) is 1.57. The summed E-state index contributed by atoms with van der Waals surface area (Å²) in [6.45, 7) is 0. The summed E-state index contributed by atoms with van der Waals surface area (Å²) in [5.74, 6) is -0.213. The molecule has 1 rings (SSSR count). The maximum absolute atomic E-state index is 12.1. The van der Waals surface area contributed by atoms with Crippen molar-refractivity contribution in [2.45, 2.75) is 6.43 Å². The summed E-state index contributed by atoms with van der Waals surface area (Å²) in [7, 11) is 0. The molecule has 14 heavy (non-hydrogen) atoms. The van der Waals surface area contributed by atoms with Gasteiger partial charge in [-0.3, -0.25) is 4.79 Å². The van der Waals surface area contributed by atoms with E-state index in [9.17, 15) is 13.6 Å². The number of carbonyl (C=O) groups excluding carboxylic acids is 1. The van der Waals surface area contributed by atoms with Crippen LogP contribution in [0.2, 0.25) is 0 Å². The van der Waals surface area contributed by atoms with E-state index in [1.807, 2.05) is 0 Å². The molecule has 0 fully saturated rings. The molecule has 1 N–H and O–H groups in total. The minimum Gasteiger partial charge on any atom is -0.325 e. The zero-order valence-electron chi connectivity index (χ0n) is 7.14. The molecule has 0 atom stereocenters. The Kier molecular flexibility index (Phi) is 4.00. The summed E-state index contributed by atoms with van der Waals surface area (Å²) in [5, 5.41) is 2.71. The maximum atomic E-state index is 12.1. The average Bonchev–Trinajstić information content (AvgIpc) is 2.18. The highest BCUT2D eigenvalue weighted by molar-refractivity contribution is 9.09. The number of halogens is 3. The van der Waals surface area contributed by atoms with Crippen molar-refractivity contribution in [3.63, 3.8) is 0 Å². The van der Waals surface area contributed by atoms with E-state index in [-0.39, 0.29) is 16.8 Å². The summed E-state index contributed by atoms with van der Waals surface area (Å²) in [4.78, 5) is 10.9. The van der Waals surface area contributed by atoms with Gasteiger partial charge in [-0.05, 0) is 12.1 Å². The van der Waals surface area contributed by atoms with Gasteiger partial charge >= 0.3 is 0 Å². The van der Waals surface area contributed by atoms with Crippen molar-refractivity contribution in [2.75, 3.05) is 10.6 Å². The van der Waals surface area contributed by atoms with Crippen LogP contribution in [0.3, 0.4) is 0 Å². The molecule has 1 aromatic rings. The van der Waals surface area contributed by atoms with Gasteiger partial charge in [-0.25, -0.2) is 8.78 Å².